The average molecular weight is 270 g/mol. The van der Waals surface area contributed by atoms with E-state index in [1.54, 1.807) is 0 Å². The van der Waals surface area contributed by atoms with E-state index in [2.05, 4.69) is 34.3 Å². The summed E-state index contributed by atoms with van der Waals surface area (Å²) in [5.41, 5.74) is 3.04. The lowest BCUT2D eigenvalue weighted by Gasteiger charge is -2.08. The first-order chi connectivity index (χ1) is 9.22. The van der Waals surface area contributed by atoms with Crippen LogP contribution < -0.4 is 5.32 Å². The molecule has 1 aromatic heterocycles. The maximum absolute atomic E-state index is 5.97. The predicted molar refractivity (Wildman–Crippen MR) is 79.0 cm³/mol. The van der Waals surface area contributed by atoms with Gasteiger partial charge in [0.15, 0.2) is 0 Å². The smallest absolute Gasteiger partial charge is 0.141 e. The van der Waals surface area contributed by atoms with Gasteiger partial charge in [0.1, 0.15) is 12.1 Å². The van der Waals surface area contributed by atoms with Crippen molar-refractivity contribution in [3.8, 4) is 0 Å². The number of nitrogens with zero attached hydrogens (tertiary/aromatic N) is 2. The third-order valence-corrected chi connectivity index (χ3v) is 3.11. The van der Waals surface area contributed by atoms with E-state index in [1.165, 1.54) is 11.9 Å². The minimum absolute atomic E-state index is 0.674. The van der Waals surface area contributed by atoms with Crippen LogP contribution in [0, 0.1) is 6.92 Å². The van der Waals surface area contributed by atoms with Gasteiger partial charge in [-0.1, -0.05) is 23.7 Å². The van der Waals surface area contributed by atoms with Gasteiger partial charge in [0.2, 0.25) is 0 Å². The second-order valence-corrected chi connectivity index (χ2v) is 4.81. The molecule has 0 aliphatic rings. The van der Waals surface area contributed by atoms with E-state index < -0.39 is 0 Å². The topological polar surface area (TPSA) is 37.8 Å². The van der Waals surface area contributed by atoms with Crippen molar-refractivity contribution < 1.29 is 0 Å². The van der Waals surface area contributed by atoms with Gasteiger partial charge in [-0.2, -0.15) is 0 Å². The van der Waals surface area contributed by atoms with E-state index in [0.717, 1.165) is 22.4 Å². The summed E-state index contributed by atoms with van der Waals surface area (Å²) in [5.74, 6) is 0.785. The van der Waals surface area contributed by atoms with Crippen molar-refractivity contribution in [2.24, 2.45) is 0 Å². The van der Waals surface area contributed by atoms with Gasteiger partial charge in [0.05, 0.1) is 5.52 Å². The lowest BCUT2D eigenvalue weighted by Crippen LogP contribution is -1.96. The van der Waals surface area contributed by atoms with Gasteiger partial charge in [0.25, 0.3) is 0 Å². The standard InChI is InChI=1S/C15H12ClN3/c1-10-3-2-4-12(7-10)19-15-13-6-5-11(16)8-14(13)17-9-18-15/h2-9H,1H3,(H,17,18,19). The van der Waals surface area contributed by atoms with Crippen LogP contribution in [0.5, 0.6) is 0 Å². The van der Waals surface area contributed by atoms with Crippen LogP contribution in [0.2, 0.25) is 5.02 Å². The summed E-state index contributed by atoms with van der Waals surface area (Å²) in [5, 5.41) is 4.94. The van der Waals surface area contributed by atoms with Crippen LogP contribution >= 0.6 is 11.6 Å². The first-order valence-corrected chi connectivity index (χ1v) is 6.34. The van der Waals surface area contributed by atoms with Crippen molar-refractivity contribution >= 4 is 34.0 Å². The molecule has 0 aliphatic carbocycles. The number of nitrogens with one attached hydrogen (secondary N) is 1. The summed E-state index contributed by atoms with van der Waals surface area (Å²) in [6.45, 7) is 2.06. The Hall–Kier alpha value is -2.13. The molecule has 3 rings (SSSR count). The number of rotatable bonds is 2. The number of hydrogen-bond donors (Lipinski definition) is 1. The lowest BCUT2D eigenvalue weighted by molar-refractivity contribution is 1.22. The highest BCUT2D eigenvalue weighted by Crippen LogP contribution is 2.25. The van der Waals surface area contributed by atoms with Crippen LogP contribution in [0.3, 0.4) is 0 Å². The summed E-state index contributed by atoms with van der Waals surface area (Å²) in [6, 6.07) is 13.8. The van der Waals surface area contributed by atoms with Crippen molar-refractivity contribution in [2.45, 2.75) is 6.92 Å². The molecule has 1 N–H and O–H groups in total. The van der Waals surface area contributed by atoms with Crippen molar-refractivity contribution in [3.63, 3.8) is 0 Å². The van der Waals surface area contributed by atoms with Crippen LogP contribution in [-0.4, -0.2) is 9.97 Å². The molecular formula is C15H12ClN3. The molecule has 3 aromatic rings. The number of aromatic nitrogens is 2. The van der Waals surface area contributed by atoms with Gasteiger partial charge in [0, 0.05) is 16.1 Å². The lowest BCUT2D eigenvalue weighted by atomic mass is 10.2. The fourth-order valence-corrected chi connectivity index (χ4v) is 2.16. The molecule has 94 valence electrons. The van der Waals surface area contributed by atoms with E-state index in [-0.39, 0.29) is 0 Å². The monoisotopic (exact) mass is 269 g/mol. The summed E-state index contributed by atoms with van der Waals surface area (Å²) >= 11 is 5.97. The Morgan fingerprint density at radius 3 is 2.79 bits per heavy atom. The van der Waals surface area contributed by atoms with Crippen molar-refractivity contribution in [3.05, 3.63) is 59.4 Å². The van der Waals surface area contributed by atoms with Gasteiger partial charge >= 0.3 is 0 Å². The molecule has 0 saturated heterocycles. The van der Waals surface area contributed by atoms with Crippen LogP contribution in [0.4, 0.5) is 11.5 Å². The zero-order valence-electron chi connectivity index (χ0n) is 10.4. The van der Waals surface area contributed by atoms with Gasteiger partial charge < -0.3 is 5.32 Å². The molecular weight excluding hydrogens is 258 g/mol. The normalized spacial score (nSPS) is 10.6. The van der Waals surface area contributed by atoms with E-state index >= 15 is 0 Å². The molecule has 0 bridgehead atoms. The zero-order valence-corrected chi connectivity index (χ0v) is 11.1. The van der Waals surface area contributed by atoms with Crippen molar-refractivity contribution in [2.75, 3.05) is 5.32 Å². The number of halogens is 1. The molecule has 0 saturated carbocycles. The van der Waals surface area contributed by atoms with Crippen LogP contribution in [0.15, 0.2) is 48.8 Å². The Morgan fingerprint density at radius 1 is 1.05 bits per heavy atom. The first-order valence-electron chi connectivity index (χ1n) is 5.96. The molecule has 0 radical (unpaired) electrons. The van der Waals surface area contributed by atoms with Crippen molar-refractivity contribution in [1.29, 1.82) is 0 Å². The highest BCUT2D eigenvalue weighted by Gasteiger charge is 2.04. The summed E-state index contributed by atoms with van der Waals surface area (Å²) in [7, 11) is 0. The Labute approximate surface area is 116 Å². The number of aryl methyl sites for hydroxylation is 1. The predicted octanol–water partition coefficient (Wildman–Crippen LogP) is 4.34. The molecule has 1 heterocycles. The summed E-state index contributed by atoms with van der Waals surface area (Å²) in [6.07, 6.45) is 1.54. The van der Waals surface area contributed by atoms with Gasteiger partial charge in [-0.25, -0.2) is 9.97 Å². The second kappa shape index (κ2) is 4.86. The molecule has 0 spiro atoms. The van der Waals surface area contributed by atoms with Gasteiger partial charge in [-0.05, 0) is 42.8 Å². The number of fused-ring (bicyclic) bond motifs is 1. The van der Waals surface area contributed by atoms with Crippen molar-refractivity contribution in [1.82, 2.24) is 9.97 Å². The fraction of sp³-hybridized carbons (Fsp3) is 0.0667. The highest BCUT2D eigenvalue weighted by atomic mass is 35.5. The minimum Gasteiger partial charge on any atom is -0.340 e. The zero-order chi connectivity index (χ0) is 13.2. The number of benzene rings is 2. The molecule has 2 aromatic carbocycles. The maximum atomic E-state index is 5.97. The van der Waals surface area contributed by atoms with E-state index in [4.69, 9.17) is 11.6 Å². The first kappa shape index (κ1) is 11.9. The Kier molecular flexibility index (Phi) is 3.05. The molecule has 0 atom stereocenters. The second-order valence-electron chi connectivity index (χ2n) is 4.38. The molecule has 3 nitrogen and oxygen atoms in total. The van der Waals surface area contributed by atoms with Crippen LogP contribution in [0.1, 0.15) is 5.56 Å². The minimum atomic E-state index is 0.674. The van der Waals surface area contributed by atoms with E-state index in [0.29, 0.717) is 5.02 Å². The quantitative estimate of drug-likeness (QED) is 0.752. The van der Waals surface area contributed by atoms with Crippen LogP contribution in [-0.2, 0) is 0 Å². The SMILES string of the molecule is Cc1cccc(Nc2ncnc3cc(Cl)ccc23)c1. The highest BCUT2D eigenvalue weighted by molar-refractivity contribution is 6.31. The van der Waals surface area contributed by atoms with Gasteiger partial charge in [-0.3, -0.25) is 0 Å². The summed E-state index contributed by atoms with van der Waals surface area (Å²) in [4.78, 5) is 8.52. The molecule has 0 aliphatic heterocycles. The molecule has 0 unspecified atom stereocenters. The van der Waals surface area contributed by atoms with E-state index in [1.807, 2.05) is 30.3 Å². The number of hydrogen-bond acceptors (Lipinski definition) is 3. The third kappa shape index (κ3) is 2.51. The Bertz CT molecular complexity index is 740. The van der Waals surface area contributed by atoms with E-state index in [9.17, 15) is 0 Å². The summed E-state index contributed by atoms with van der Waals surface area (Å²) < 4.78 is 0. The molecule has 19 heavy (non-hydrogen) atoms. The maximum Gasteiger partial charge on any atom is 0.141 e. The largest absolute Gasteiger partial charge is 0.340 e. The molecule has 0 amide bonds. The Morgan fingerprint density at radius 2 is 1.95 bits per heavy atom. The molecule has 4 heteroatoms. The van der Waals surface area contributed by atoms with Crippen LogP contribution in [0.25, 0.3) is 10.9 Å². The third-order valence-electron chi connectivity index (χ3n) is 2.88. The molecule has 0 fully saturated rings. The number of anilines is 2. The average Bonchev–Trinajstić information content (AvgIpc) is 2.38. The Balaban J connectivity index is 2.06. The fourth-order valence-electron chi connectivity index (χ4n) is 1.99. The van der Waals surface area contributed by atoms with Gasteiger partial charge in [-0.15, -0.1) is 0 Å².